The molecule has 4 heteroatoms. The molecular formula is C21H28FN3. The van der Waals surface area contributed by atoms with Crippen molar-refractivity contribution >= 4 is 0 Å². The van der Waals surface area contributed by atoms with Crippen molar-refractivity contribution in [2.45, 2.75) is 25.8 Å². The zero-order valence-corrected chi connectivity index (χ0v) is 15.1. The number of pyridine rings is 1. The molecule has 134 valence electrons. The van der Waals surface area contributed by atoms with E-state index in [-0.39, 0.29) is 5.82 Å². The van der Waals surface area contributed by atoms with Crippen LogP contribution in [0, 0.1) is 11.7 Å². The Balaban J connectivity index is 1.43. The number of halogens is 1. The Bertz CT molecular complexity index is 629. The fourth-order valence-corrected chi connectivity index (χ4v) is 3.75. The van der Waals surface area contributed by atoms with Gasteiger partial charge in [-0.1, -0.05) is 18.2 Å². The minimum atomic E-state index is -0.154. The van der Waals surface area contributed by atoms with Crippen LogP contribution in [-0.4, -0.2) is 48.0 Å². The molecule has 3 rings (SSSR count). The van der Waals surface area contributed by atoms with Crippen LogP contribution in [0.15, 0.2) is 48.8 Å². The van der Waals surface area contributed by atoms with E-state index in [4.69, 9.17) is 0 Å². The fourth-order valence-electron chi connectivity index (χ4n) is 3.75. The minimum absolute atomic E-state index is 0.154. The first-order valence-electron chi connectivity index (χ1n) is 9.23. The molecule has 1 fully saturated rings. The highest BCUT2D eigenvalue weighted by Crippen LogP contribution is 2.18. The van der Waals surface area contributed by atoms with E-state index in [1.54, 1.807) is 12.1 Å². The molecule has 25 heavy (non-hydrogen) atoms. The molecule has 1 unspecified atom stereocenters. The van der Waals surface area contributed by atoms with Gasteiger partial charge in [0.1, 0.15) is 5.82 Å². The van der Waals surface area contributed by atoms with E-state index in [9.17, 15) is 4.39 Å². The van der Waals surface area contributed by atoms with E-state index in [0.29, 0.717) is 0 Å². The van der Waals surface area contributed by atoms with Gasteiger partial charge in [-0.05, 0) is 68.1 Å². The van der Waals surface area contributed by atoms with Crippen LogP contribution < -0.4 is 0 Å². The van der Waals surface area contributed by atoms with Crippen LogP contribution in [0.2, 0.25) is 0 Å². The lowest BCUT2D eigenvalue weighted by atomic mass is 9.97. The number of nitrogens with zero attached hydrogens (tertiary/aromatic N) is 3. The predicted octanol–water partition coefficient (Wildman–Crippen LogP) is 3.61. The van der Waals surface area contributed by atoms with E-state index in [2.05, 4.69) is 27.9 Å². The number of hydrogen-bond donors (Lipinski definition) is 0. The highest BCUT2D eigenvalue weighted by Gasteiger charge is 2.21. The first-order chi connectivity index (χ1) is 12.2. The summed E-state index contributed by atoms with van der Waals surface area (Å²) in [7, 11) is 2.20. The monoisotopic (exact) mass is 341 g/mol. The molecule has 0 amide bonds. The number of likely N-dealkylation sites (tertiary alicyclic amines) is 1. The summed E-state index contributed by atoms with van der Waals surface area (Å²) in [5.41, 5.74) is 2.49. The molecule has 1 saturated heterocycles. The lowest BCUT2D eigenvalue weighted by Gasteiger charge is -2.34. The second-order valence-electron chi connectivity index (χ2n) is 7.24. The third-order valence-electron chi connectivity index (χ3n) is 4.98. The van der Waals surface area contributed by atoms with Gasteiger partial charge in [-0.15, -0.1) is 0 Å². The van der Waals surface area contributed by atoms with E-state index >= 15 is 0 Å². The van der Waals surface area contributed by atoms with Crippen molar-refractivity contribution in [3.05, 3.63) is 65.7 Å². The van der Waals surface area contributed by atoms with Crippen molar-refractivity contribution < 1.29 is 4.39 Å². The molecule has 2 aromatic rings. The highest BCUT2D eigenvalue weighted by molar-refractivity contribution is 5.16. The standard InChI is InChI=1S/C21H28FN3/c1-24(15-19-4-2-11-23-14-19)16-20-5-3-12-25(17-20)13-10-18-6-8-21(22)9-7-18/h2,4,6-9,11,14,20H,3,5,10,12-13,15-17H2,1H3. The Kier molecular flexibility index (Phi) is 6.54. The minimum Gasteiger partial charge on any atom is -0.303 e. The highest BCUT2D eigenvalue weighted by atomic mass is 19.1. The molecule has 0 N–H and O–H groups in total. The number of hydrogen-bond acceptors (Lipinski definition) is 3. The van der Waals surface area contributed by atoms with Crippen LogP contribution >= 0.6 is 0 Å². The molecule has 0 aliphatic carbocycles. The van der Waals surface area contributed by atoms with Crippen molar-refractivity contribution in [2.75, 3.05) is 33.2 Å². The number of aromatic nitrogens is 1. The van der Waals surface area contributed by atoms with Gasteiger partial charge in [0.2, 0.25) is 0 Å². The van der Waals surface area contributed by atoms with Crippen LogP contribution in [0.4, 0.5) is 4.39 Å². The quantitative estimate of drug-likeness (QED) is 0.767. The molecule has 2 heterocycles. The summed E-state index contributed by atoms with van der Waals surface area (Å²) >= 11 is 0. The van der Waals surface area contributed by atoms with Gasteiger partial charge in [0, 0.05) is 38.6 Å². The molecule has 1 aromatic carbocycles. The lowest BCUT2D eigenvalue weighted by molar-refractivity contribution is 0.142. The normalized spacial score (nSPS) is 18.6. The Morgan fingerprint density at radius 2 is 2.04 bits per heavy atom. The summed E-state index contributed by atoms with van der Waals surface area (Å²) in [5.74, 6) is 0.571. The van der Waals surface area contributed by atoms with Gasteiger partial charge in [-0.25, -0.2) is 4.39 Å². The van der Waals surface area contributed by atoms with E-state index < -0.39 is 0 Å². The van der Waals surface area contributed by atoms with Crippen LogP contribution in [0.5, 0.6) is 0 Å². The Labute approximate surface area is 150 Å². The number of rotatable bonds is 7. The lowest BCUT2D eigenvalue weighted by Crippen LogP contribution is -2.40. The number of piperidine rings is 1. The molecule has 1 aliphatic heterocycles. The summed E-state index contributed by atoms with van der Waals surface area (Å²) in [6.45, 7) is 5.50. The van der Waals surface area contributed by atoms with Crippen molar-refractivity contribution in [2.24, 2.45) is 5.92 Å². The third kappa shape index (κ3) is 5.91. The molecule has 1 atom stereocenters. The Hall–Kier alpha value is -1.78. The summed E-state index contributed by atoms with van der Waals surface area (Å²) in [5, 5.41) is 0. The summed E-state index contributed by atoms with van der Waals surface area (Å²) in [4.78, 5) is 9.17. The first-order valence-corrected chi connectivity index (χ1v) is 9.23. The topological polar surface area (TPSA) is 19.4 Å². The largest absolute Gasteiger partial charge is 0.303 e. The van der Waals surface area contributed by atoms with E-state index in [1.807, 2.05) is 30.6 Å². The summed E-state index contributed by atoms with van der Waals surface area (Å²) < 4.78 is 13.0. The average molecular weight is 341 g/mol. The summed E-state index contributed by atoms with van der Waals surface area (Å²) in [6, 6.07) is 11.1. The zero-order valence-electron chi connectivity index (χ0n) is 15.1. The van der Waals surface area contributed by atoms with Gasteiger partial charge in [0.05, 0.1) is 0 Å². The molecule has 3 nitrogen and oxygen atoms in total. The van der Waals surface area contributed by atoms with Gasteiger partial charge in [0.15, 0.2) is 0 Å². The SMILES string of the molecule is CN(Cc1cccnc1)CC1CCCN(CCc2ccc(F)cc2)C1. The van der Waals surface area contributed by atoms with Crippen LogP contribution in [0.1, 0.15) is 24.0 Å². The molecule has 1 aliphatic rings. The van der Waals surface area contributed by atoms with Crippen molar-refractivity contribution in [1.29, 1.82) is 0 Å². The van der Waals surface area contributed by atoms with Crippen LogP contribution in [0.3, 0.4) is 0 Å². The zero-order chi connectivity index (χ0) is 17.5. The second kappa shape index (κ2) is 9.07. The molecular weight excluding hydrogens is 313 g/mol. The van der Waals surface area contributed by atoms with Gasteiger partial charge in [0.25, 0.3) is 0 Å². The molecule has 1 aromatic heterocycles. The van der Waals surface area contributed by atoms with Gasteiger partial charge in [-0.2, -0.15) is 0 Å². The second-order valence-corrected chi connectivity index (χ2v) is 7.24. The van der Waals surface area contributed by atoms with Crippen LogP contribution in [-0.2, 0) is 13.0 Å². The maximum atomic E-state index is 13.0. The van der Waals surface area contributed by atoms with Crippen LogP contribution in [0.25, 0.3) is 0 Å². The van der Waals surface area contributed by atoms with Crippen molar-refractivity contribution in [3.63, 3.8) is 0 Å². The predicted molar refractivity (Wildman–Crippen MR) is 99.8 cm³/mol. The smallest absolute Gasteiger partial charge is 0.123 e. The van der Waals surface area contributed by atoms with Gasteiger partial charge < -0.3 is 9.80 Å². The number of benzene rings is 1. The summed E-state index contributed by atoms with van der Waals surface area (Å²) in [6.07, 6.45) is 7.35. The van der Waals surface area contributed by atoms with Gasteiger partial charge in [-0.3, -0.25) is 4.98 Å². The first kappa shape index (κ1) is 18.0. The third-order valence-corrected chi connectivity index (χ3v) is 4.98. The molecule has 0 saturated carbocycles. The Morgan fingerprint density at radius 1 is 1.20 bits per heavy atom. The maximum Gasteiger partial charge on any atom is 0.123 e. The van der Waals surface area contributed by atoms with Crippen molar-refractivity contribution in [3.8, 4) is 0 Å². The Morgan fingerprint density at radius 3 is 2.80 bits per heavy atom. The average Bonchev–Trinajstić information content (AvgIpc) is 2.62. The van der Waals surface area contributed by atoms with E-state index in [1.165, 1.54) is 37.1 Å². The van der Waals surface area contributed by atoms with Crippen molar-refractivity contribution in [1.82, 2.24) is 14.8 Å². The fraction of sp³-hybridized carbons (Fsp3) is 0.476. The van der Waals surface area contributed by atoms with E-state index in [0.717, 1.165) is 32.0 Å². The molecule has 0 bridgehead atoms. The maximum absolute atomic E-state index is 13.0. The van der Waals surface area contributed by atoms with Gasteiger partial charge >= 0.3 is 0 Å². The molecule has 0 radical (unpaired) electrons. The molecule has 0 spiro atoms.